The normalized spacial score (nSPS) is 25.3. The Labute approximate surface area is 114 Å². The monoisotopic (exact) mass is 265 g/mol. The van der Waals surface area contributed by atoms with E-state index in [9.17, 15) is 0 Å². The van der Waals surface area contributed by atoms with E-state index in [1.165, 1.54) is 16.7 Å². The van der Waals surface area contributed by atoms with Crippen molar-refractivity contribution in [2.75, 3.05) is 12.4 Å². The van der Waals surface area contributed by atoms with E-state index < -0.39 is 0 Å². The first-order chi connectivity index (χ1) is 8.56. The van der Waals surface area contributed by atoms with Crippen molar-refractivity contribution in [2.24, 2.45) is 5.73 Å². The highest BCUT2D eigenvalue weighted by Gasteiger charge is 2.25. The molecule has 3 heteroatoms. The van der Waals surface area contributed by atoms with Crippen LogP contribution in [0, 0.1) is 13.8 Å². The molecule has 1 aliphatic rings. The minimum atomic E-state index is 0.126. The van der Waals surface area contributed by atoms with Crippen LogP contribution in [0.25, 0.3) is 0 Å². The van der Waals surface area contributed by atoms with Crippen LogP contribution in [-0.2, 0) is 4.74 Å². The van der Waals surface area contributed by atoms with Crippen LogP contribution in [0.1, 0.15) is 36.1 Å². The van der Waals surface area contributed by atoms with E-state index in [-0.39, 0.29) is 6.04 Å². The molecule has 2 rings (SSSR count). The molecule has 2 N–H and O–H groups in total. The first-order valence-electron chi connectivity index (χ1n) is 6.63. The molecule has 0 bridgehead atoms. The smallest absolute Gasteiger partial charge is 0.0666 e. The number of ether oxygens (including phenoxy) is 1. The van der Waals surface area contributed by atoms with Crippen LogP contribution < -0.4 is 5.73 Å². The number of nitrogens with two attached hydrogens (primary N) is 1. The Morgan fingerprint density at radius 2 is 2.00 bits per heavy atom. The van der Waals surface area contributed by atoms with Gasteiger partial charge in [0.05, 0.1) is 6.10 Å². The van der Waals surface area contributed by atoms with Crippen LogP contribution in [0.15, 0.2) is 18.2 Å². The molecule has 1 aliphatic heterocycles. The van der Waals surface area contributed by atoms with Gasteiger partial charge in [-0.2, -0.15) is 11.8 Å². The second kappa shape index (κ2) is 6.09. The van der Waals surface area contributed by atoms with Crippen molar-refractivity contribution in [1.82, 2.24) is 0 Å². The van der Waals surface area contributed by atoms with Gasteiger partial charge in [0.25, 0.3) is 0 Å². The highest BCUT2D eigenvalue weighted by Crippen LogP contribution is 2.29. The molecule has 0 aromatic heterocycles. The Hall–Kier alpha value is -0.510. The van der Waals surface area contributed by atoms with Gasteiger partial charge in [0, 0.05) is 23.7 Å². The summed E-state index contributed by atoms with van der Waals surface area (Å²) >= 11 is 1.96. The van der Waals surface area contributed by atoms with E-state index in [1.807, 2.05) is 11.8 Å². The molecule has 100 valence electrons. The SMILES string of the molecule is Cc1cc(C)cc(C(N)CSC2CCOC2C)c1. The topological polar surface area (TPSA) is 35.2 Å². The van der Waals surface area contributed by atoms with Crippen LogP contribution in [-0.4, -0.2) is 23.7 Å². The molecular formula is C15H23NOS. The summed E-state index contributed by atoms with van der Waals surface area (Å²) in [5.41, 5.74) is 10.1. The maximum Gasteiger partial charge on any atom is 0.0666 e. The van der Waals surface area contributed by atoms with E-state index in [1.54, 1.807) is 0 Å². The van der Waals surface area contributed by atoms with E-state index >= 15 is 0 Å². The molecule has 0 amide bonds. The molecule has 1 saturated heterocycles. The molecule has 3 atom stereocenters. The minimum absolute atomic E-state index is 0.126. The summed E-state index contributed by atoms with van der Waals surface area (Å²) in [6.07, 6.45) is 1.53. The molecule has 18 heavy (non-hydrogen) atoms. The lowest BCUT2D eigenvalue weighted by Crippen LogP contribution is -2.19. The zero-order valence-corrected chi connectivity index (χ0v) is 12.3. The van der Waals surface area contributed by atoms with E-state index in [0.29, 0.717) is 11.4 Å². The summed E-state index contributed by atoms with van der Waals surface area (Å²) in [5, 5.41) is 0.613. The van der Waals surface area contributed by atoms with Gasteiger partial charge < -0.3 is 10.5 Å². The van der Waals surface area contributed by atoms with Crippen molar-refractivity contribution in [1.29, 1.82) is 0 Å². The second-order valence-electron chi connectivity index (χ2n) is 5.26. The van der Waals surface area contributed by atoms with Crippen LogP contribution in [0.5, 0.6) is 0 Å². The predicted octanol–water partition coefficient (Wildman–Crippen LogP) is 3.21. The first kappa shape index (κ1) is 13.9. The van der Waals surface area contributed by atoms with Gasteiger partial charge in [0.15, 0.2) is 0 Å². The summed E-state index contributed by atoms with van der Waals surface area (Å²) in [6.45, 7) is 7.32. The van der Waals surface area contributed by atoms with Crippen LogP contribution in [0.2, 0.25) is 0 Å². The Morgan fingerprint density at radius 3 is 2.56 bits per heavy atom. The number of rotatable bonds is 4. The summed E-state index contributed by atoms with van der Waals surface area (Å²) < 4.78 is 5.58. The molecular weight excluding hydrogens is 242 g/mol. The minimum Gasteiger partial charge on any atom is -0.377 e. The third-order valence-corrected chi connectivity index (χ3v) is 5.07. The summed E-state index contributed by atoms with van der Waals surface area (Å²) in [7, 11) is 0. The number of benzene rings is 1. The summed E-state index contributed by atoms with van der Waals surface area (Å²) in [5.74, 6) is 0.973. The zero-order valence-electron chi connectivity index (χ0n) is 11.5. The number of hydrogen-bond donors (Lipinski definition) is 1. The van der Waals surface area contributed by atoms with Gasteiger partial charge in [-0.3, -0.25) is 0 Å². The zero-order chi connectivity index (χ0) is 13.1. The van der Waals surface area contributed by atoms with Gasteiger partial charge in [0.1, 0.15) is 0 Å². The average molecular weight is 265 g/mol. The van der Waals surface area contributed by atoms with Gasteiger partial charge in [-0.25, -0.2) is 0 Å². The Kier molecular flexibility index (Phi) is 4.71. The lowest BCUT2D eigenvalue weighted by Gasteiger charge is -2.18. The van der Waals surface area contributed by atoms with E-state index in [0.717, 1.165) is 18.8 Å². The lowest BCUT2D eigenvalue weighted by atomic mass is 10.0. The molecule has 3 unspecified atom stereocenters. The fraction of sp³-hybridized carbons (Fsp3) is 0.600. The van der Waals surface area contributed by atoms with E-state index in [4.69, 9.17) is 10.5 Å². The van der Waals surface area contributed by atoms with Crippen molar-refractivity contribution < 1.29 is 4.74 Å². The van der Waals surface area contributed by atoms with Crippen molar-refractivity contribution in [3.05, 3.63) is 34.9 Å². The molecule has 1 aromatic rings. The maximum absolute atomic E-state index is 6.29. The van der Waals surface area contributed by atoms with Gasteiger partial charge in [-0.1, -0.05) is 29.3 Å². The first-order valence-corrected chi connectivity index (χ1v) is 7.68. The lowest BCUT2D eigenvalue weighted by molar-refractivity contribution is 0.127. The Morgan fingerprint density at radius 1 is 1.33 bits per heavy atom. The van der Waals surface area contributed by atoms with Gasteiger partial charge in [-0.05, 0) is 32.8 Å². The third-order valence-electron chi connectivity index (χ3n) is 3.47. The van der Waals surface area contributed by atoms with E-state index in [2.05, 4.69) is 39.0 Å². The number of hydrogen-bond acceptors (Lipinski definition) is 3. The number of aryl methyl sites for hydroxylation is 2. The Bertz CT molecular complexity index is 387. The quantitative estimate of drug-likeness (QED) is 0.908. The van der Waals surface area contributed by atoms with Crippen LogP contribution >= 0.6 is 11.8 Å². The fourth-order valence-corrected chi connectivity index (χ4v) is 3.74. The van der Waals surface area contributed by atoms with Crippen molar-refractivity contribution in [2.45, 2.75) is 44.6 Å². The molecule has 1 aromatic carbocycles. The molecule has 0 spiro atoms. The molecule has 1 fully saturated rings. The second-order valence-corrected chi connectivity index (χ2v) is 6.54. The predicted molar refractivity (Wildman–Crippen MR) is 79.1 cm³/mol. The molecule has 2 nitrogen and oxygen atoms in total. The van der Waals surface area contributed by atoms with Crippen molar-refractivity contribution >= 4 is 11.8 Å². The maximum atomic E-state index is 6.29. The highest BCUT2D eigenvalue weighted by molar-refractivity contribution is 8.00. The van der Waals surface area contributed by atoms with Crippen molar-refractivity contribution in [3.63, 3.8) is 0 Å². The summed E-state index contributed by atoms with van der Waals surface area (Å²) in [6, 6.07) is 6.72. The van der Waals surface area contributed by atoms with Crippen LogP contribution in [0.4, 0.5) is 0 Å². The standard InChI is InChI=1S/C15H23NOS/c1-10-6-11(2)8-13(7-10)14(16)9-18-15-4-5-17-12(15)3/h6-8,12,14-15H,4-5,9,16H2,1-3H3. The van der Waals surface area contributed by atoms with Gasteiger partial charge in [0.2, 0.25) is 0 Å². The highest BCUT2D eigenvalue weighted by atomic mass is 32.2. The third kappa shape index (κ3) is 3.50. The Balaban J connectivity index is 1.92. The molecule has 0 radical (unpaired) electrons. The molecule has 1 heterocycles. The van der Waals surface area contributed by atoms with Gasteiger partial charge >= 0.3 is 0 Å². The average Bonchev–Trinajstić information content (AvgIpc) is 2.70. The van der Waals surface area contributed by atoms with Crippen molar-refractivity contribution in [3.8, 4) is 0 Å². The summed E-state index contributed by atoms with van der Waals surface area (Å²) in [4.78, 5) is 0. The van der Waals surface area contributed by atoms with Crippen LogP contribution in [0.3, 0.4) is 0 Å². The van der Waals surface area contributed by atoms with Gasteiger partial charge in [-0.15, -0.1) is 0 Å². The molecule has 0 saturated carbocycles. The largest absolute Gasteiger partial charge is 0.377 e. The number of thioether (sulfide) groups is 1. The molecule has 0 aliphatic carbocycles. The fourth-order valence-electron chi connectivity index (χ4n) is 2.48.